The molecule has 12 heavy (non-hydrogen) atoms. The number of hydrogen-bond donors (Lipinski definition) is 1. The minimum atomic E-state index is 0.163. The number of aryl methyl sites for hydroxylation is 1. The molecule has 1 fully saturated rings. The number of aromatic nitrogens is 2. The van der Waals surface area contributed by atoms with Gasteiger partial charge in [0.2, 0.25) is 5.89 Å². The number of rotatable bonds is 3. The predicted octanol–water partition coefficient (Wildman–Crippen LogP) is 0.629. The average Bonchev–Trinajstić information content (AvgIpc) is 2.69. The monoisotopic (exact) mass is 167 g/mol. The van der Waals surface area contributed by atoms with Crippen LogP contribution in [0.25, 0.3) is 0 Å². The van der Waals surface area contributed by atoms with Crippen LogP contribution in [0.15, 0.2) is 4.52 Å². The molecule has 1 aliphatic carbocycles. The maximum Gasteiger partial charge on any atom is 0.234 e. The molecule has 0 bridgehead atoms. The van der Waals surface area contributed by atoms with Gasteiger partial charge < -0.3 is 9.84 Å². The molecule has 4 nitrogen and oxygen atoms in total. The van der Waals surface area contributed by atoms with Gasteiger partial charge in [0.15, 0.2) is 5.82 Å². The van der Waals surface area contributed by atoms with Gasteiger partial charge in [0.05, 0.1) is 5.41 Å². The molecule has 1 aromatic rings. The Hall–Kier alpha value is -0.900. The second kappa shape index (κ2) is 2.55. The van der Waals surface area contributed by atoms with Crippen molar-refractivity contribution in [1.29, 1.82) is 0 Å². The van der Waals surface area contributed by atoms with Gasteiger partial charge >= 0.3 is 0 Å². The quantitative estimate of drug-likeness (QED) is 0.717. The molecule has 1 saturated carbocycles. The number of nitrogens with one attached hydrogen (secondary N) is 1. The largest absolute Gasteiger partial charge is 0.339 e. The zero-order chi connectivity index (χ0) is 8.60. The SMILES string of the molecule is CNCC1(c2nc(C)no2)CC1. The van der Waals surface area contributed by atoms with Crippen molar-refractivity contribution < 1.29 is 4.52 Å². The Morgan fingerprint density at radius 1 is 1.58 bits per heavy atom. The van der Waals surface area contributed by atoms with Gasteiger partial charge in [-0.3, -0.25) is 0 Å². The summed E-state index contributed by atoms with van der Waals surface area (Å²) in [4.78, 5) is 4.25. The van der Waals surface area contributed by atoms with Gasteiger partial charge in [-0.1, -0.05) is 5.16 Å². The molecule has 0 amide bonds. The second-order valence-electron chi connectivity index (χ2n) is 3.46. The average molecular weight is 167 g/mol. The highest BCUT2D eigenvalue weighted by atomic mass is 16.5. The minimum absolute atomic E-state index is 0.163. The molecule has 0 aromatic carbocycles. The summed E-state index contributed by atoms with van der Waals surface area (Å²) in [5.74, 6) is 1.53. The van der Waals surface area contributed by atoms with Gasteiger partial charge in [-0.2, -0.15) is 4.98 Å². The Balaban J connectivity index is 2.18. The molecule has 1 aromatic heterocycles. The lowest BCUT2D eigenvalue weighted by molar-refractivity contribution is 0.339. The highest BCUT2D eigenvalue weighted by molar-refractivity contribution is 5.16. The summed E-state index contributed by atoms with van der Waals surface area (Å²) in [6.07, 6.45) is 2.32. The third kappa shape index (κ3) is 1.12. The molecule has 0 radical (unpaired) electrons. The zero-order valence-corrected chi connectivity index (χ0v) is 7.42. The predicted molar refractivity (Wildman–Crippen MR) is 43.9 cm³/mol. The van der Waals surface area contributed by atoms with Gasteiger partial charge in [-0.15, -0.1) is 0 Å². The molecule has 2 rings (SSSR count). The molecule has 1 N–H and O–H groups in total. The van der Waals surface area contributed by atoms with Crippen molar-refractivity contribution in [3.8, 4) is 0 Å². The van der Waals surface area contributed by atoms with Gasteiger partial charge in [0, 0.05) is 6.54 Å². The Bertz CT molecular complexity index is 278. The van der Waals surface area contributed by atoms with Crippen LogP contribution < -0.4 is 5.32 Å². The number of hydrogen-bond acceptors (Lipinski definition) is 4. The number of likely N-dealkylation sites (N-methyl/N-ethyl adjacent to an activating group) is 1. The second-order valence-corrected chi connectivity index (χ2v) is 3.46. The highest BCUT2D eigenvalue weighted by Crippen LogP contribution is 2.46. The summed E-state index contributed by atoms with van der Waals surface area (Å²) >= 11 is 0. The van der Waals surface area contributed by atoms with E-state index in [1.165, 1.54) is 0 Å². The molecule has 0 saturated heterocycles. The molecule has 1 aliphatic rings. The third-order valence-corrected chi connectivity index (χ3v) is 2.35. The van der Waals surface area contributed by atoms with E-state index in [1.807, 2.05) is 14.0 Å². The van der Waals surface area contributed by atoms with Gasteiger partial charge in [-0.05, 0) is 26.8 Å². The lowest BCUT2D eigenvalue weighted by atomic mass is 10.1. The summed E-state index contributed by atoms with van der Waals surface area (Å²) in [6.45, 7) is 2.79. The molecule has 0 atom stereocenters. The molecule has 4 heteroatoms. The smallest absolute Gasteiger partial charge is 0.234 e. The first-order valence-electron chi connectivity index (χ1n) is 4.22. The van der Waals surface area contributed by atoms with E-state index in [9.17, 15) is 0 Å². The first-order valence-corrected chi connectivity index (χ1v) is 4.22. The Labute approximate surface area is 71.4 Å². The minimum Gasteiger partial charge on any atom is -0.339 e. The fourth-order valence-electron chi connectivity index (χ4n) is 1.47. The van der Waals surface area contributed by atoms with E-state index < -0.39 is 0 Å². The highest BCUT2D eigenvalue weighted by Gasteiger charge is 2.48. The van der Waals surface area contributed by atoms with Crippen molar-refractivity contribution in [2.45, 2.75) is 25.2 Å². The fourth-order valence-corrected chi connectivity index (χ4v) is 1.47. The van der Waals surface area contributed by atoms with Crippen LogP contribution in [0.4, 0.5) is 0 Å². The third-order valence-electron chi connectivity index (χ3n) is 2.35. The van der Waals surface area contributed by atoms with Crippen molar-refractivity contribution in [2.75, 3.05) is 13.6 Å². The summed E-state index contributed by atoms with van der Waals surface area (Å²) in [5, 5.41) is 6.94. The maximum atomic E-state index is 5.14. The van der Waals surface area contributed by atoms with Crippen LogP contribution in [-0.2, 0) is 5.41 Å². The first kappa shape index (κ1) is 7.73. The van der Waals surface area contributed by atoms with E-state index in [1.54, 1.807) is 0 Å². The van der Waals surface area contributed by atoms with E-state index in [2.05, 4.69) is 15.5 Å². The maximum absolute atomic E-state index is 5.14. The Kier molecular flexibility index (Phi) is 1.65. The lowest BCUT2D eigenvalue weighted by Crippen LogP contribution is -2.23. The van der Waals surface area contributed by atoms with Crippen molar-refractivity contribution >= 4 is 0 Å². The van der Waals surface area contributed by atoms with Crippen LogP contribution in [-0.4, -0.2) is 23.7 Å². The van der Waals surface area contributed by atoms with Crippen molar-refractivity contribution in [2.24, 2.45) is 0 Å². The lowest BCUT2D eigenvalue weighted by Gasteiger charge is -2.07. The van der Waals surface area contributed by atoms with E-state index in [4.69, 9.17) is 4.52 Å². The molecule has 0 aliphatic heterocycles. The summed E-state index contributed by atoms with van der Waals surface area (Å²) < 4.78 is 5.14. The Morgan fingerprint density at radius 3 is 2.75 bits per heavy atom. The summed E-state index contributed by atoms with van der Waals surface area (Å²) in [7, 11) is 1.95. The van der Waals surface area contributed by atoms with Gasteiger partial charge in [0.1, 0.15) is 0 Å². The van der Waals surface area contributed by atoms with Crippen molar-refractivity contribution in [3.63, 3.8) is 0 Å². The van der Waals surface area contributed by atoms with Crippen LogP contribution >= 0.6 is 0 Å². The van der Waals surface area contributed by atoms with Crippen LogP contribution in [0.2, 0.25) is 0 Å². The molecule has 0 spiro atoms. The zero-order valence-electron chi connectivity index (χ0n) is 7.42. The first-order chi connectivity index (χ1) is 5.77. The summed E-state index contributed by atoms with van der Waals surface area (Å²) in [6, 6.07) is 0. The van der Waals surface area contributed by atoms with Crippen molar-refractivity contribution in [3.05, 3.63) is 11.7 Å². The van der Waals surface area contributed by atoms with E-state index in [0.717, 1.165) is 31.1 Å². The van der Waals surface area contributed by atoms with E-state index in [-0.39, 0.29) is 5.41 Å². The van der Waals surface area contributed by atoms with Crippen molar-refractivity contribution in [1.82, 2.24) is 15.5 Å². The van der Waals surface area contributed by atoms with Crippen LogP contribution in [0.5, 0.6) is 0 Å². The molecular formula is C8H13N3O. The van der Waals surface area contributed by atoms with Crippen LogP contribution in [0, 0.1) is 6.92 Å². The van der Waals surface area contributed by atoms with E-state index >= 15 is 0 Å². The normalized spacial score (nSPS) is 19.5. The molecule has 66 valence electrons. The Morgan fingerprint density at radius 2 is 2.33 bits per heavy atom. The molecular weight excluding hydrogens is 154 g/mol. The van der Waals surface area contributed by atoms with Crippen LogP contribution in [0.1, 0.15) is 24.6 Å². The van der Waals surface area contributed by atoms with E-state index in [0.29, 0.717) is 0 Å². The molecule has 1 heterocycles. The standard InChI is InChI=1S/C8H13N3O/c1-6-10-7(12-11-6)8(3-4-8)5-9-2/h9H,3-5H2,1-2H3. The van der Waals surface area contributed by atoms with Crippen LogP contribution in [0.3, 0.4) is 0 Å². The van der Waals surface area contributed by atoms with Gasteiger partial charge in [-0.25, -0.2) is 0 Å². The molecule has 0 unspecified atom stereocenters. The number of nitrogens with zero attached hydrogens (tertiary/aromatic N) is 2. The fraction of sp³-hybridized carbons (Fsp3) is 0.750. The van der Waals surface area contributed by atoms with Gasteiger partial charge in [0.25, 0.3) is 0 Å². The topological polar surface area (TPSA) is 51.0 Å². The summed E-state index contributed by atoms with van der Waals surface area (Å²) in [5.41, 5.74) is 0.163.